The molecule has 1 aromatic rings. The highest BCUT2D eigenvalue weighted by atomic mass is 32.2. The maximum absolute atomic E-state index is 10.8. The van der Waals surface area contributed by atoms with E-state index in [1.165, 1.54) is 6.26 Å². The predicted octanol–water partition coefficient (Wildman–Crippen LogP) is 0.863. The standard InChI is InChI=1S/C11H18N2O3S/c1-10-3-4-12-11(9-10)13-5-6-16-7-8-17(2,14)15/h3-4,9H,5-8H2,1-2H3,(H,12,13). The number of aryl methyl sites for hydroxylation is 1. The van der Waals surface area contributed by atoms with Gasteiger partial charge in [0.05, 0.1) is 19.0 Å². The van der Waals surface area contributed by atoms with Crippen LogP contribution in [0.3, 0.4) is 0 Å². The highest BCUT2D eigenvalue weighted by Gasteiger charge is 2.00. The molecule has 0 radical (unpaired) electrons. The minimum Gasteiger partial charge on any atom is -0.379 e. The quantitative estimate of drug-likeness (QED) is 0.735. The molecule has 0 atom stereocenters. The summed E-state index contributed by atoms with van der Waals surface area (Å²) in [5, 5.41) is 3.10. The van der Waals surface area contributed by atoms with Gasteiger partial charge in [-0.3, -0.25) is 0 Å². The Morgan fingerprint density at radius 3 is 2.82 bits per heavy atom. The van der Waals surface area contributed by atoms with E-state index < -0.39 is 9.84 Å². The van der Waals surface area contributed by atoms with Crippen LogP contribution in [0.1, 0.15) is 5.56 Å². The van der Waals surface area contributed by atoms with Crippen molar-refractivity contribution < 1.29 is 13.2 Å². The van der Waals surface area contributed by atoms with E-state index in [2.05, 4.69) is 10.3 Å². The maximum atomic E-state index is 10.8. The molecule has 0 aliphatic heterocycles. The van der Waals surface area contributed by atoms with E-state index in [9.17, 15) is 8.42 Å². The molecule has 0 amide bonds. The van der Waals surface area contributed by atoms with Crippen LogP contribution in [0.15, 0.2) is 18.3 Å². The molecular weight excluding hydrogens is 240 g/mol. The fourth-order valence-corrected chi connectivity index (χ4v) is 1.62. The number of hydrogen-bond acceptors (Lipinski definition) is 5. The Bertz CT molecular complexity index is 446. The monoisotopic (exact) mass is 258 g/mol. The van der Waals surface area contributed by atoms with Gasteiger partial charge in [-0.05, 0) is 24.6 Å². The first kappa shape index (κ1) is 13.9. The lowest BCUT2D eigenvalue weighted by Crippen LogP contribution is -2.15. The molecule has 0 saturated heterocycles. The van der Waals surface area contributed by atoms with Crippen LogP contribution in [0.5, 0.6) is 0 Å². The molecule has 17 heavy (non-hydrogen) atoms. The molecule has 0 fully saturated rings. The van der Waals surface area contributed by atoms with E-state index in [4.69, 9.17) is 4.74 Å². The van der Waals surface area contributed by atoms with Crippen LogP contribution in [0, 0.1) is 6.92 Å². The van der Waals surface area contributed by atoms with E-state index in [0.29, 0.717) is 13.2 Å². The fraction of sp³-hybridized carbons (Fsp3) is 0.545. The average Bonchev–Trinajstić information content (AvgIpc) is 2.22. The van der Waals surface area contributed by atoms with Gasteiger partial charge < -0.3 is 10.1 Å². The average molecular weight is 258 g/mol. The third-order valence-electron chi connectivity index (χ3n) is 2.07. The van der Waals surface area contributed by atoms with Crippen LogP contribution in [-0.4, -0.2) is 45.2 Å². The van der Waals surface area contributed by atoms with Crippen molar-refractivity contribution in [1.82, 2.24) is 4.98 Å². The lowest BCUT2D eigenvalue weighted by molar-refractivity contribution is 0.159. The predicted molar refractivity (Wildman–Crippen MR) is 68.0 cm³/mol. The van der Waals surface area contributed by atoms with E-state index in [-0.39, 0.29) is 12.4 Å². The number of ether oxygens (including phenoxy) is 1. The molecule has 1 aromatic heterocycles. The van der Waals surface area contributed by atoms with Crippen LogP contribution in [0.2, 0.25) is 0 Å². The smallest absolute Gasteiger partial charge is 0.149 e. The summed E-state index contributed by atoms with van der Waals surface area (Å²) in [6.07, 6.45) is 2.94. The Hall–Kier alpha value is -1.14. The third kappa shape index (κ3) is 6.91. The van der Waals surface area contributed by atoms with Crippen LogP contribution in [0.4, 0.5) is 5.82 Å². The molecule has 6 heteroatoms. The van der Waals surface area contributed by atoms with Crippen molar-refractivity contribution >= 4 is 15.7 Å². The third-order valence-corrected chi connectivity index (χ3v) is 2.97. The summed E-state index contributed by atoms with van der Waals surface area (Å²) >= 11 is 0. The number of nitrogens with one attached hydrogen (secondary N) is 1. The van der Waals surface area contributed by atoms with E-state index in [0.717, 1.165) is 11.4 Å². The second kappa shape index (κ2) is 6.56. The summed E-state index contributed by atoms with van der Waals surface area (Å²) in [6.45, 7) is 3.31. The summed E-state index contributed by atoms with van der Waals surface area (Å²) < 4.78 is 26.8. The van der Waals surface area contributed by atoms with Gasteiger partial charge in [-0.15, -0.1) is 0 Å². The lowest BCUT2D eigenvalue weighted by atomic mass is 10.3. The minimum absolute atomic E-state index is 0.0652. The van der Waals surface area contributed by atoms with Gasteiger partial charge in [0.25, 0.3) is 0 Å². The van der Waals surface area contributed by atoms with Gasteiger partial charge >= 0.3 is 0 Å². The largest absolute Gasteiger partial charge is 0.379 e. The van der Waals surface area contributed by atoms with Gasteiger partial charge in [0.2, 0.25) is 0 Å². The molecule has 0 aromatic carbocycles. The molecule has 0 aliphatic carbocycles. The van der Waals surface area contributed by atoms with E-state index in [1.807, 2.05) is 19.1 Å². The van der Waals surface area contributed by atoms with Crippen LogP contribution in [0.25, 0.3) is 0 Å². The Kier molecular flexibility index (Phi) is 5.37. The molecule has 0 aliphatic rings. The molecule has 0 spiro atoms. The zero-order valence-corrected chi connectivity index (χ0v) is 11.0. The summed E-state index contributed by atoms with van der Waals surface area (Å²) in [5.74, 6) is 0.868. The molecule has 1 heterocycles. The van der Waals surface area contributed by atoms with Crippen LogP contribution >= 0.6 is 0 Å². The summed E-state index contributed by atoms with van der Waals surface area (Å²) in [7, 11) is -2.93. The number of aromatic nitrogens is 1. The lowest BCUT2D eigenvalue weighted by Gasteiger charge is -2.06. The second-order valence-corrected chi connectivity index (χ2v) is 6.15. The SMILES string of the molecule is Cc1ccnc(NCCOCCS(C)(=O)=O)c1. The van der Waals surface area contributed by atoms with Gasteiger partial charge in [-0.2, -0.15) is 0 Å². The molecule has 1 N–H and O–H groups in total. The number of rotatable bonds is 7. The number of sulfone groups is 1. The van der Waals surface area contributed by atoms with Crippen molar-refractivity contribution in [3.05, 3.63) is 23.9 Å². The Morgan fingerprint density at radius 1 is 1.41 bits per heavy atom. The first-order valence-electron chi connectivity index (χ1n) is 5.39. The molecular formula is C11H18N2O3S. The van der Waals surface area contributed by atoms with Gasteiger partial charge in [-0.25, -0.2) is 13.4 Å². The Labute approximate surface area is 102 Å². The first-order valence-corrected chi connectivity index (χ1v) is 7.45. The van der Waals surface area contributed by atoms with Crippen LogP contribution in [-0.2, 0) is 14.6 Å². The maximum Gasteiger partial charge on any atom is 0.149 e. The van der Waals surface area contributed by atoms with Crippen molar-refractivity contribution in [2.24, 2.45) is 0 Å². The number of hydrogen-bond donors (Lipinski definition) is 1. The van der Waals surface area contributed by atoms with Crippen molar-refractivity contribution in [3.63, 3.8) is 0 Å². The molecule has 0 bridgehead atoms. The normalized spacial score (nSPS) is 11.4. The van der Waals surface area contributed by atoms with Crippen molar-refractivity contribution in [2.45, 2.75) is 6.92 Å². The molecule has 0 saturated carbocycles. The fourth-order valence-electron chi connectivity index (χ4n) is 1.20. The van der Waals surface area contributed by atoms with Gasteiger partial charge in [-0.1, -0.05) is 0 Å². The zero-order valence-electron chi connectivity index (χ0n) is 10.1. The Balaban J connectivity index is 2.13. The number of pyridine rings is 1. The Morgan fingerprint density at radius 2 is 2.18 bits per heavy atom. The van der Waals surface area contributed by atoms with Crippen molar-refractivity contribution in [3.8, 4) is 0 Å². The molecule has 96 valence electrons. The molecule has 1 rings (SSSR count). The van der Waals surface area contributed by atoms with E-state index in [1.54, 1.807) is 6.20 Å². The summed E-state index contributed by atoms with van der Waals surface area (Å²) in [5.41, 5.74) is 1.14. The number of anilines is 1. The molecule has 0 unspecified atom stereocenters. The van der Waals surface area contributed by atoms with Crippen molar-refractivity contribution in [2.75, 3.05) is 37.1 Å². The van der Waals surface area contributed by atoms with Gasteiger partial charge in [0.15, 0.2) is 0 Å². The minimum atomic E-state index is -2.93. The number of nitrogens with zero attached hydrogens (tertiary/aromatic N) is 1. The first-order chi connectivity index (χ1) is 7.97. The van der Waals surface area contributed by atoms with Crippen LogP contribution < -0.4 is 5.32 Å². The van der Waals surface area contributed by atoms with Gasteiger partial charge in [0.1, 0.15) is 15.7 Å². The highest BCUT2D eigenvalue weighted by molar-refractivity contribution is 7.90. The highest BCUT2D eigenvalue weighted by Crippen LogP contribution is 2.04. The van der Waals surface area contributed by atoms with Gasteiger partial charge in [0, 0.05) is 19.0 Å². The van der Waals surface area contributed by atoms with Crippen molar-refractivity contribution in [1.29, 1.82) is 0 Å². The zero-order chi connectivity index (χ0) is 12.7. The summed E-state index contributed by atoms with van der Waals surface area (Å²) in [6, 6.07) is 3.87. The second-order valence-electron chi connectivity index (χ2n) is 3.89. The molecule has 5 nitrogen and oxygen atoms in total. The summed E-state index contributed by atoms with van der Waals surface area (Å²) in [4.78, 5) is 4.13. The topological polar surface area (TPSA) is 68.3 Å². The van der Waals surface area contributed by atoms with E-state index >= 15 is 0 Å².